The zero-order valence-electron chi connectivity index (χ0n) is 13.2. The molecule has 0 aromatic carbocycles. The van der Waals surface area contributed by atoms with Gasteiger partial charge >= 0.3 is 0 Å². The summed E-state index contributed by atoms with van der Waals surface area (Å²) in [6, 6.07) is 2.62. The molecule has 0 unspecified atom stereocenters. The van der Waals surface area contributed by atoms with Gasteiger partial charge in [-0.1, -0.05) is 0 Å². The number of hydrogen-bond donors (Lipinski definition) is 1. The molecule has 4 rings (SSSR count). The summed E-state index contributed by atoms with van der Waals surface area (Å²) in [7, 11) is 0. The van der Waals surface area contributed by atoms with Gasteiger partial charge in [0.05, 0.1) is 22.9 Å². The molecule has 0 saturated heterocycles. The molecule has 5 nitrogen and oxygen atoms in total. The van der Waals surface area contributed by atoms with Gasteiger partial charge in [0.1, 0.15) is 0 Å². The molecule has 2 aromatic rings. The summed E-state index contributed by atoms with van der Waals surface area (Å²) in [4.78, 5) is 16.6. The van der Waals surface area contributed by atoms with Crippen molar-refractivity contribution in [2.24, 2.45) is 0 Å². The molecule has 0 atom stereocenters. The monoisotopic (exact) mass is 330 g/mol. The second-order valence-electron chi connectivity index (χ2n) is 6.62. The van der Waals surface area contributed by atoms with E-state index in [0.717, 1.165) is 62.9 Å². The fourth-order valence-electron chi connectivity index (χ4n) is 3.78. The van der Waals surface area contributed by atoms with Crippen LogP contribution in [0.4, 0.5) is 0 Å². The third-order valence-corrected chi connectivity index (χ3v) is 5.72. The maximum atomic E-state index is 12.3. The Balaban J connectivity index is 1.37. The van der Waals surface area contributed by atoms with E-state index in [1.54, 1.807) is 16.0 Å². The van der Waals surface area contributed by atoms with Gasteiger partial charge in [-0.2, -0.15) is 5.10 Å². The number of nitrogens with one attached hydrogen (secondary N) is 1. The van der Waals surface area contributed by atoms with E-state index in [1.807, 2.05) is 11.6 Å². The number of aromatic nitrogens is 3. The molecule has 1 N–H and O–H groups in total. The highest BCUT2D eigenvalue weighted by atomic mass is 32.1. The molecule has 2 aromatic heterocycles. The summed E-state index contributed by atoms with van der Waals surface area (Å²) in [5.74, 6) is 0. The van der Waals surface area contributed by atoms with E-state index in [2.05, 4.69) is 20.8 Å². The molecule has 0 amide bonds. The molecule has 1 saturated carbocycles. The van der Waals surface area contributed by atoms with E-state index in [-0.39, 0.29) is 11.6 Å². The Bertz CT molecular complexity index is 717. The van der Waals surface area contributed by atoms with Crippen LogP contribution in [0.5, 0.6) is 0 Å². The number of fused-ring (bicyclic) bond motifs is 1. The van der Waals surface area contributed by atoms with E-state index in [9.17, 15) is 4.79 Å². The molecule has 0 radical (unpaired) electrons. The van der Waals surface area contributed by atoms with E-state index in [0.29, 0.717) is 6.04 Å². The van der Waals surface area contributed by atoms with Crippen LogP contribution < -0.4 is 10.9 Å². The zero-order valence-corrected chi connectivity index (χ0v) is 14.0. The molecular formula is C17H22N4OS. The van der Waals surface area contributed by atoms with Crippen molar-refractivity contribution in [3.63, 3.8) is 0 Å². The predicted octanol–water partition coefficient (Wildman–Crippen LogP) is 2.46. The predicted molar refractivity (Wildman–Crippen MR) is 90.8 cm³/mol. The molecule has 0 bridgehead atoms. The lowest BCUT2D eigenvalue weighted by Gasteiger charge is -2.29. The first kappa shape index (κ1) is 15.0. The fourth-order valence-corrected chi connectivity index (χ4v) is 4.33. The molecule has 2 aliphatic rings. The molecule has 122 valence electrons. The summed E-state index contributed by atoms with van der Waals surface area (Å²) >= 11 is 1.64. The Morgan fingerprint density at radius 1 is 1.26 bits per heavy atom. The van der Waals surface area contributed by atoms with Crippen molar-refractivity contribution in [2.75, 3.05) is 0 Å². The molecule has 0 aliphatic heterocycles. The number of aryl methyl sites for hydroxylation is 2. The van der Waals surface area contributed by atoms with E-state index in [4.69, 9.17) is 0 Å². The first-order valence-electron chi connectivity index (χ1n) is 8.51. The van der Waals surface area contributed by atoms with Crippen LogP contribution in [0.25, 0.3) is 0 Å². The van der Waals surface area contributed by atoms with Crippen molar-refractivity contribution in [1.82, 2.24) is 20.1 Å². The number of nitrogens with zero attached hydrogens (tertiary/aromatic N) is 3. The van der Waals surface area contributed by atoms with Crippen molar-refractivity contribution in [3.8, 4) is 0 Å². The molecule has 1 fully saturated rings. The van der Waals surface area contributed by atoms with E-state index >= 15 is 0 Å². The van der Waals surface area contributed by atoms with Crippen LogP contribution >= 0.6 is 11.3 Å². The van der Waals surface area contributed by atoms with Crippen LogP contribution in [0.15, 0.2) is 21.8 Å². The van der Waals surface area contributed by atoms with Crippen LogP contribution in [-0.4, -0.2) is 20.8 Å². The number of rotatable bonds is 4. The van der Waals surface area contributed by atoms with Gasteiger partial charge in [0.15, 0.2) is 0 Å². The van der Waals surface area contributed by atoms with Crippen LogP contribution in [0, 0.1) is 0 Å². The van der Waals surface area contributed by atoms with Crippen LogP contribution in [-0.2, 0) is 19.4 Å². The quantitative estimate of drug-likeness (QED) is 0.935. The SMILES string of the molecule is O=c1cc2c(nn1C1CCC(NCc3cscn3)CC1)CCC2. The van der Waals surface area contributed by atoms with Gasteiger partial charge in [0.2, 0.25) is 0 Å². The molecule has 0 spiro atoms. The third-order valence-electron chi connectivity index (χ3n) is 5.08. The minimum Gasteiger partial charge on any atom is -0.308 e. The molecular weight excluding hydrogens is 308 g/mol. The third kappa shape index (κ3) is 3.23. The lowest BCUT2D eigenvalue weighted by atomic mass is 9.91. The van der Waals surface area contributed by atoms with Crippen LogP contribution in [0.2, 0.25) is 0 Å². The van der Waals surface area contributed by atoms with Gasteiger partial charge in [-0.15, -0.1) is 11.3 Å². The van der Waals surface area contributed by atoms with Crippen molar-refractivity contribution < 1.29 is 0 Å². The minimum atomic E-state index is 0.0875. The largest absolute Gasteiger partial charge is 0.308 e. The van der Waals surface area contributed by atoms with Crippen molar-refractivity contribution in [2.45, 2.75) is 63.6 Å². The van der Waals surface area contributed by atoms with E-state index in [1.165, 1.54) is 5.56 Å². The topological polar surface area (TPSA) is 59.8 Å². The minimum absolute atomic E-state index is 0.0875. The molecule has 2 aliphatic carbocycles. The van der Waals surface area contributed by atoms with Crippen molar-refractivity contribution in [3.05, 3.63) is 44.3 Å². The van der Waals surface area contributed by atoms with Gasteiger partial charge in [0.25, 0.3) is 5.56 Å². The molecule has 23 heavy (non-hydrogen) atoms. The van der Waals surface area contributed by atoms with Gasteiger partial charge in [-0.3, -0.25) is 4.79 Å². The Kier molecular flexibility index (Phi) is 4.27. The fraction of sp³-hybridized carbons (Fsp3) is 0.588. The lowest BCUT2D eigenvalue weighted by molar-refractivity contribution is 0.267. The van der Waals surface area contributed by atoms with Gasteiger partial charge in [0, 0.05) is 24.0 Å². The highest BCUT2D eigenvalue weighted by molar-refractivity contribution is 7.07. The van der Waals surface area contributed by atoms with Crippen molar-refractivity contribution in [1.29, 1.82) is 0 Å². The summed E-state index contributed by atoms with van der Waals surface area (Å²) in [6.07, 6.45) is 7.44. The zero-order chi connectivity index (χ0) is 15.6. The normalized spacial score (nSPS) is 23.8. The second kappa shape index (κ2) is 6.53. The average Bonchev–Trinajstić information content (AvgIpc) is 3.24. The number of thiazole rings is 1. The van der Waals surface area contributed by atoms with Gasteiger partial charge in [-0.25, -0.2) is 9.67 Å². The van der Waals surface area contributed by atoms with E-state index < -0.39 is 0 Å². The molecule has 2 heterocycles. The Hall–Kier alpha value is -1.53. The standard InChI is InChI=1S/C17H22N4OS/c22-17-8-12-2-1-3-16(12)20-21(17)15-6-4-13(5-7-15)18-9-14-10-23-11-19-14/h8,10-11,13,15,18H,1-7,9H2. The Labute approximate surface area is 139 Å². The summed E-state index contributed by atoms with van der Waals surface area (Å²) in [6.45, 7) is 0.843. The first-order valence-corrected chi connectivity index (χ1v) is 9.46. The smallest absolute Gasteiger partial charge is 0.267 e. The van der Waals surface area contributed by atoms with Crippen LogP contribution in [0.3, 0.4) is 0 Å². The highest BCUT2D eigenvalue weighted by Crippen LogP contribution is 2.28. The summed E-state index contributed by atoms with van der Waals surface area (Å²) in [5, 5.41) is 10.3. The second-order valence-corrected chi connectivity index (χ2v) is 7.34. The average molecular weight is 330 g/mol. The Morgan fingerprint density at radius 2 is 2.13 bits per heavy atom. The Morgan fingerprint density at radius 3 is 2.91 bits per heavy atom. The lowest BCUT2D eigenvalue weighted by Crippen LogP contribution is -2.36. The van der Waals surface area contributed by atoms with Gasteiger partial charge < -0.3 is 5.32 Å². The highest BCUT2D eigenvalue weighted by Gasteiger charge is 2.25. The number of hydrogen-bond acceptors (Lipinski definition) is 5. The maximum Gasteiger partial charge on any atom is 0.267 e. The molecule has 6 heteroatoms. The van der Waals surface area contributed by atoms with Gasteiger partial charge in [-0.05, 0) is 50.5 Å². The summed E-state index contributed by atoms with van der Waals surface area (Å²) in [5.41, 5.74) is 5.40. The van der Waals surface area contributed by atoms with Crippen LogP contribution in [0.1, 0.15) is 55.1 Å². The first-order chi connectivity index (χ1) is 11.3. The summed E-state index contributed by atoms with van der Waals surface area (Å²) < 4.78 is 1.76. The maximum absolute atomic E-state index is 12.3. The van der Waals surface area contributed by atoms with Crippen molar-refractivity contribution >= 4 is 11.3 Å².